The van der Waals surface area contributed by atoms with Crippen molar-refractivity contribution in [2.75, 3.05) is 5.01 Å². The van der Waals surface area contributed by atoms with E-state index in [1.807, 2.05) is 41.0 Å². The van der Waals surface area contributed by atoms with Crippen molar-refractivity contribution in [3.05, 3.63) is 95.2 Å². The molecule has 1 aliphatic heterocycles. The Kier molecular flexibility index (Phi) is 5.06. The van der Waals surface area contributed by atoms with Gasteiger partial charge in [-0.05, 0) is 47.0 Å². The Balaban J connectivity index is 1.40. The lowest BCUT2D eigenvalue weighted by Crippen LogP contribution is -2.94. The third-order valence-electron chi connectivity index (χ3n) is 4.44. The van der Waals surface area contributed by atoms with Gasteiger partial charge in [-0.1, -0.05) is 35.9 Å². The highest BCUT2D eigenvalue weighted by Gasteiger charge is 2.14. The lowest BCUT2D eigenvalue weighted by molar-refractivity contribution is -0.617. The first-order valence-electron chi connectivity index (χ1n) is 8.69. The molecule has 7 heteroatoms. The normalized spacial score (nSPS) is 12.6. The Morgan fingerprint density at radius 2 is 1.86 bits per heavy atom. The van der Waals surface area contributed by atoms with E-state index in [0.717, 1.165) is 22.5 Å². The maximum absolute atomic E-state index is 13.1. The molecule has 4 rings (SSSR count). The summed E-state index contributed by atoms with van der Waals surface area (Å²) in [5, 5.41) is 5.25. The zero-order valence-corrected chi connectivity index (χ0v) is 15.5. The van der Waals surface area contributed by atoms with E-state index in [4.69, 9.17) is 11.6 Å². The second-order valence-electron chi connectivity index (χ2n) is 6.30. The van der Waals surface area contributed by atoms with Gasteiger partial charge in [-0.25, -0.2) is 14.8 Å². The maximum Gasteiger partial charge on any atom is 0.253 e. The van der Waals surface area contributed by atoms with Crippen LogP contribution < -0.4 is 15.8 Å². The van der Waals surface area contributed by atoms with Crippen molar-refractivity contribution in [2.45, 2.75) is 6.54 Å². The number of benzene rings is 2. The molecule has 0 saturated heterocycles. The van der Waals surface area contributed by atoms with Crippen molar-refractivity contribution in [3.63, 3.8) is 0 Å². The molecule has 5 nitrogen and oxygen atoms in total. The molecule has 3 aromatic rings. The molecule has 0 unspecified atom stereocenters. The summed E-state index contributed by atoms with van der Waals surface area (Å²) in [6.45, 7) is 0.297. The summed E-state index contributed by atoms with van der Waals surface area (Å²) in [4.78, 5) is 16.6. The highest BCUT2D eigenvalue weighted by atomic mass is 35.5. The Morgan fingerprint density at radius 1 is 1.11 bits per heavy atom. The summed E-state index contributed by atoms with van der Waals surface area (Å²) in [5.41, 5.74) is 4.92. The lowest BCUT2D eigenvalue weighted by atomic mass is 10.0. The van der Waals surface area contributed by atoms with Crippen LogP contribution >= 0.6 is 11.6 Å². The fraction of sp³-hybridized carbons (Fsp3) is 0.0476. The van der Waals surface area contributed by atoms with Gasteiger partial charge in [-0.3, -0.25) is 4.79 Å². The topological polar surface area (TPSA) is 61.8 Å². The quantitative estimate of drug-likeness (QED) is 0.652. The monoisotopic (exact) mass is 395 g/mol. The lowest BCUT2D eigenvalue weighted by Gasteiger charge is -2.19. The average molecular weight is 396 g/mol. The molecule has 0 bridgehead atoms. The van der Waals surface area contributed by atoms with Gasteiger partial charge < -0.3 is 5.32 Å². The Hall–Kier alpha value is -3.22. The summed E-state index contributed by atoms with van der Waals surface area (Å²) >= 11 is 6.36. The molecule has 0 fully saturated rings. The van der Waals surface area contributed by atoms with Gasteiger partial charge in [0.2, 0.25) is 0 Å². The maximum atomic E-state index is 13.1. The van der Waals surface area contributed by atoms with E-state index in [0.29, 0.717) is 17.1 Å². The number of hydrogen-bond acceptors (Lipinski definition) is 3. The van der Waals surface area contributed by atoms with Gasteiger partial charge in [0.1, 0.15) is 18.2 Å². The van der Waals surface area contributed by atoms with Crippen LogP contribution in [0.3, 0.4) is 0 Å². The largest absolute Gasteiger partial charge is 0.348 e. The van der Waals surface area contributed by atoms with E-state index >= 15 is 0 Å². The van der Waals surface area contributed by atoms with Crippen molar-refractivity contribution in [2.24, 2.45) is 0 Å². The van der Waals surface area contributed by atoms with Gasteiger partial charge >= 0.3 is 0 Å². The molecule has 2 heterocycles. The SMILES string of the molecule is O=C(NCc1ccc(-c2ccc(F)cc2)cc1Cl)c1ccc(N2C=C[NH2+]2)nc1. The predicted molar refractivity (Wildman–Crippen MR) is 106 cm³/mol. The first-order chi connectivity index (χ1) is 13.6. The van der Waals surface area contributed by atoms with Gasteiger partial charge in [0.25, 0.3) is 5.91 Å². The van der Waals surface area contributed by atoms with Gasteiger partial charge in [-0.2, -0.15) is 5.01 Å². The molecule has 0 radical (unpaired) electrons. The van der Waals surface area contributed by atoms with Crippen LogP contribution in [0.15, 0.2) is 73.2 Å². The molecule has 3 N–H and O–H groups in total. The van der Waals surface area contributed by atoms with Crippen LogP contribution in [0.1, 0.15) is 15.9 Å². The first-order valence-corrected chi connectivity index (χ1v) is 9.06. The van der Waals surface area contributed by atoms with Crippen molar-refractivity contribution < 1.29 is 14.6 Å². The number of aromatic nitrogens is 1. The molecule has 0 saturated carbocycles. The summed E-state index contributed by atoms with van der Waals surface area (Å²) in [6, 6.07) is 15.3. The highest BCUT2D eigenvalue weighted by Crippen LogP contribution is 2.26. The number of amides is 1. The number of pyridine rings is 1. The fourth-order valence-corrected chi connectivity index (χ4v) is 3.04. The van der Waals surface area contributed by atoms with Crippen molar-refractivity contribution in [1.82, 2.24) is 10.3 Å². The number of anilines is 1. The Morgan fingerprint density at radius 3 is 2.46 bits per heavy atom. The van der Waals surface area contributed by atoms with Crippen LogP contribution in [0, 0.1) is 5.82 Å². The van der Waals surface area contributed by atoms with Gasteiger partial charge in [0, 0.05) is 17.8 Å². The van der Waals surface area contributed by atoms with Crippen molar-refractivity contribution in [1.29, 1.82) is 0 Å². The smallest absolute Gasteiger partial charge is 0.253 e. The number of carbonyl (C=O) groups is 1. The standard InChI is InChI=1S/C21H16ClFN4O/c22-19-11-15(14-3-6-18(23)7-4-14)1-2-16(19)12-25-21(28)17-5-8-20(24-13-17)27-10-9-26-27/h1-11,13,26H,12H2,(H,25,28)/p+1. The molecule has 0 spiro atoms. The highest BCUT2D eigenvalue weighted by molar-refractivity contribution is 6.31. The fourth-order valence-electron chi connectivity index (χ4n) is 2.79. The second kappa shape index (κ2) is 7.80. The van der Waals surface area contributed by atoms with E-state index in [1.165, 1.54) is 12.1 Å². The van der Waals surface area contributed by atoms with Crippen LogP contribution in [-0.2, 0) is 6.54 Å². The van der Waals surface area contributed by atoms with Crippen LogP contribution in [0.5, 0.6) is 0 Å². The predicted octanol–water partition coefficient (Wildman–Crippen LogP) is 3.24. The average Bonchev–Trinajstić information content (AvgIpc) is 2.66. The molecule has 1 aliphatic rings. The van der Waals surface area contributed by atoms with Crippen LogP contribution in [0.4, 0.5) is 10.2 Å². The van der Waals surface area contributed by atoms with Gasteiger partial charge in [-0.15, -0.1) is 0 Å². The number of nitrogens with one attached hydrogen (secondary N) is 1. The summed E-state index contributed by atoms with van der Waals surface area (Å²) in [5.74, 6) is 0.260. The zero-order valence-electron chi connectivity index (χ0n) is 14.8. The minimum absolute atomic E-state index is 0.221. The van der Waals surface area contributed by atoms with E-state index in [1.54, 1.807) is 30.5 Å². The molecular formula is C21H17ClFN4O+. The van der Waals surface area contributed by atoms with Crippen LogP contribution in [0.2, 0.25) is 5.02 Å². The van der Waals surface area contributed by atoms with Gasteiger partial charge in [0.15, 0.2) is 5.82 Å². The number of hydrogen-bond donors (Lipinski definition) is 2. The van der Waals surface area contributed by atoms with E-state index in [2.05, 4.69) is 10.3 Å². The molecule has 2 aromatic carbocycles. The number of quaternary nitrogens is 1. The third-order valence-corrected chi connectivity index (χ3v) is 4.79. The number of carbonyl (C=O) groups excluding carboxylic acids is 1. The number of halogens is 2. The molecule has 28 heavy (non-hydrogen) atoms. The second-order valence-corrected chi connectivity index (χ2v) is 6.71. The van der Waals surface area contributed by atoms with E-state index < -0.39 is 0 Å². The Bertz CT molecular complexity index is 1040. The van der Waals surface area contributed by atoms with Gasteiger partial charge in [0.05, 0.1) is 5.56 Å². The molecule has 1 amide bonds. The van der Waals surface area contributed by atoms with E-state index in [-0.39, 0.29) is 11.7 Å². The minimum atomic E-state index is -0.281. The minimum Gasteiger partial charge on any atom is -0.348 e. The molecule has 0 atom stereocenters. The number of nitrogens with two attached hydrogens (primary N) is 1. The van der Waals surface area contributed by atoms with Crippen LogP contribution in [0.25, 0.3) is 11.1 Å². The van der Waals surface area contributed by atoms with E-state index in [9.17, 15) is 9.18 Å². The molecule has 1 aromatic heterocycles. The number of rotatable bonds is 5. The molecule has 140 valence electrons. The summed E-state index contributed by atoms with van der Waals surface area (Å²) in [6.07, 6.45) is 5.34. The zero-order chi connectivity index (χ0) is 19.5. The van der Waals surface area contributed by atoms with Crippen molar-refractivity contribution in [3.8, 4) is 11.1 Å². The summed E-state index contributed by atoms with van der Waals surface area (Å²) < 4.78 is 13.1. The van der Waals surface area contributed by atoms with Crippen LogP contribution in [-0.4, -0.2) is 10.9 Å². The Labute approximate surface area is 166 Å². The summed E-state index contributed by atoms with van der Waals surface area (Å²) in [7, 11) is 0. The third kappa shape index (κ3) is 3.88. The molecule has 0 aliphatic carbocycles. The molecular weight excluding hydrogens is 379 g/mol. The van der Waals surface area contributed by atoms with Crippen molar-refractivity contribution >= 4 is 23.3 Å². The first kappa shape index (κ1) is 18.2. The number of nitrogens with zero attached hydrogens (tertiary/aromatic N) is 2.